The van der Waals surface area contributed by atoms with Crippen LogP contribution in [-0.2, 0) is 9.59 Å². The van der Waals surface area contributed by atoms with Gasteiger partial charge in [0.1, 0.15) is 0 Å². The zero-order valence-corrected chi connectivity index (χ0v) is 15.4. The fraction of sp³-hybridized carbons (Fsp3) is 0.889. The lowest BCUT2D eigenvalue weighted by Gasteiger charge is -2.34. The van der Waals surface area contributed by atoms with Gasteiger partial charge in [0.2, 0.25) is 11.8 Å². The third-order valence-corrected chi connectivity index (χ3v) is 5.82. The number of piperazine rings is 1. The minimum atomic E-state index is 0. The Labute approximate surface area is 151 Å². The van der Waals surface area contributed by atoms with Gasteiger partial charge in [0.05, 0.1) is 0 Å². The van der Waals surface area contributed by atoms with E-state index in [0.717, 1.165) is 51.9 Å². The van der Waals surface area contributed by atoms with Crippen molar-refractivity contribution in [1.82, 2.24) is 15.5 Å². The Morgan fingerprint density at radius 2 is 1.58 bits per heavy atom. The molecule has 0 atom stereocenters. The van der Waals surface area contributed by atoms with Gasteiger partial charge >= 0.3 is 0 Å². The maximum Gasteiger partial charge on any atom is 0.225 e. The molecule has 2 amide bonds. The van der Waals surface area contributed by atoms with Crippen LogP contribution >= 0.6 is 12.4 Å². The molecule has 2 N–H and O–H groups in total. The van der Waals surface area contributed by atoms with Crippen molar-refractivity contribution < 1.29 is 9.59 Å². The topological polar surface area (TPSA) is 61.4 Å². The molecule has 1 saturated heterocycles. The van der Waals surface area contributed by atoms with Gasteiger partial charge in [0, 0.05) is 44.6 Å². The van der Waals surface area contributed by atoms with Crippen molar-refractivity contribution in [2.24, 2.45) is 11.8 Å². The predicted molar refractivity (Wildman–Crippen MR) is 97.2 cm³/mol. The molecule has 3 fully saturated rings. The molecule has 0 aromatic rings. The first kappa shape index (κ1) is 19.5. The molecular formula is C18H32ClN3O2. The van der Waals surface area contributed by atoms with Gasteiger partial charge < -0.3 is 15.5 Å². The van der Waals surface area contributed by atoms with E-state index in [0.29, 0.717) is 18.2 Å². The first-order valence-electron chi connectivity index (χ1n) is 9.51. The van der Waals surface area contributed by atoms with Crippen molar-refractivity contribution in [3.8, 4) is 0 Å². The summed E-state index contributed by atoms with van der Waals surface area (Å²) in [5.74, 6) is 1.35. The Morgan fingerprint density at radius 3 is 2.21 bits per heavy atom. The monoisotopic (exact) mass is 357 g/mol. The number of carbonyl (C=O) groups is 2. The molecule has 3 rings (SSSR count). The highest BCUT2D eigenvalue weighted by Gasteiger charge is 2.30. The summed E-state index contributed by atoms with van der Waals surface area (Å²) in [7, 11) is 0. The predicted octanol–water partition coefficient (Wildman–Crippen LogP) is 2.10. The summed E-state index contributed by atoms with van der Waals surface area (Å²) in [6.07, 6.45) is 9.50. The molecule has 2 saturated carbocycles. The molecule has 24 heavy (non-hydrogen) atoms. The van der Waals surface area contributed by atoms with Gasteiger partial charge in [0.25, 0.3) is 0 Å². The van der Waals surface area contributed by atoms with E-state index < -0.39 is 0 Å². The van der Waals surface area contributed by atoms with E-state index in [-0.39, 0.29) is 30.3 Å². The van der Waals surface area contributed by atoms with E-state index in [1.165, 1.54) is 25.7 Å². The molecule has 0 unspecified atom stereocenters. The van der Waals surface area contributed by atoms with Crippen LogP contribution in [-0.4, -0.2) is 48.9 Å². The third-order valence-electron chi connectivity index (χ3n) is 5.82. The zero-order chi connectivity index (χ0) is 16.1. The molecule has 0 spiro atoms. The van der Waals surface area contributed by atoms with Crippen LogP contribution in [0, 0.1) is 11.8 Å². The Balaban J connectivity index is 0.00000208. The molecule has 0 radical (unpaired) electrons. The highest BCUT2D eigenvalue weighted by atomic mass is 35.5. The van der Waals surface area contributed by atoms with Crippen molar-refractivity contribution in [3.05, 3.63) is 0 Å². The molecule has 1 aliphatic heterocycles. The molecule has 0 aromatic carbocycles. The van der Waals surface area contributed by atoms with Crippen LogP contribution in [0.4, 0.5) is 0 Å². The molecular weight excluding hydrogens is 326 g/mol. The summed E-state index contributed by atoms with van der Waals surface area (Å²) < 4.78 is 0. The van der Waals surface area contributed by atoms with Crippen molar-refractivity contribution in [1.29, 1.82) is 0 Å². The maximum absolute atomic E-state index is 12.5. The van der Waals surface area contributed by atoms with Crippen LogP contribution < -0.4 is 10.6 Å². The van der Waals surface area contributed by atoms with Crippen LogP contribution in [0.15, 0.2) is 0 Å². The zero-order valence-electron chi connectivity index (χ0n) is 14.6. The Bertz CT molecular complexity index is 412. The molecule has 2 aliphatic carbocycles. The number of nitrogens with one attached hydrogen (secondary N) is 2. The summed E-state index contributed by atoms with van der Waals surface area (Å²) in [6.45, 7) is 3.52. The average molecular weight is 358 g/mol. The van der Waals surface area contributed by atoms with E-state index in [9.17, 15) is 9.59 Å². The summed E-state index contributed by atoms with van der Waals surface area (Å²) in [6, 6.07) is 0.288. The number of halogens is 1. The molecule has 3 aliphatic rings. The van der Waals surface area contributed by atoms with E-state index in [2.05, 4.69) is 10.6 Å². The minimum absolute atomic E-state index is 0. The summed E-state index contributed by atoms with van der Waals surface area (Å²) in [5, 5.41) is 6.50. The number of carbonyl (C=O) groups excluding carboxylic acids is 2. The molecule has 1 heterocycles. The molecule has 6 heteroatoms. The van der Waals surface area contributed by atoms with Crippen LogP contribution in [0.5, 0.6) is 0 Å². The molecule has 5 nitrogen and oxygen atoms in total. The Hall–Kier alpha value is -0.810. The number of hydrogen-bond donors (Lipinski definition) is 2. The number of hydrogen-bond acceptors (Lipinski definition) is 3. The summed E-state index contributed by atoms with van der Waals surface area (Å²) >= 11 is 0. The quantitative estimate of drug-likeness (QED) is 0.810. The molecule has 138 valence electrons. The van der Waals surface area contributed by atoms with Gasteiger partial charge in [-0.1, -0.05) is 12.8 Å². The van der Waals surface area contributed by atoms with Crippen LogP contribution in [0.2, 0.25) is 0 Å². The normalized spacial score (nSPS) is 28.2. The minimum Gasteiger partial charge on any atom is -0.353 e. The fourth-order valence-corrected chi connectivity index (χ4v) is 4.39. The van der Waals surface area contributed by atoms with E-state index in [4.69, 9.17) is 0 Å². The van der Waals surface area contributed by atoms with Gasteiger partial charge in [-0.25, -0.2) is 0 Å². The number of rotatable bonds is 4. The number of amides is 2. The molecule has 0 bridgehead atoms. The Morgan fingerprint density at radius 1 is 0.958 bits per heavy atom. The van der Waals surface area contributed by atoms with E-state index in [1.54, 1.807) is 0 Å². The summed E-state index contributed by atoms with van der Waals surface area (Å²) in [5.41, 5.74) is 0. The van der Waals surface area contributed by atoms with Crippen molar-refractivity contribution in [3.63, 3.8) is 0 Å². The fourth-order valence-electron chi connectivity index (χ4n) is 4.39. The highest BCUT2D eigenvalue weighted by molar-refractivity contribution is 5.85. The second-order valence-electron chi connectivity index (χ2n) is 7.55. The highest BCUT2D eigenvalue weighted by Crippen LogP contribution is 2.29. The largest absolute Gasteiger partial charge is 0.353 e. The first-order valence-corrected chi connectivity index (χ1v) is 9.51. The van der Waals surface area contributed by atoms with Gasteiger partial charge in [-0.15, -0.1) is 12.4 Å². The smallest absolute Gasteiger partial charge is 0.225 e. The van der Waals surface area contributed by atoms with Gasteiger partial charge in [0.15, 0.2) is 0 Å². The van der Waals surface area contributed by atoms with Crippen LogP contribution in [0.3, 0.4) is 0 Å². The van der Waals surface area contributed by atoms with Gasteiger partial charge in [-0.3, -0.25) is 9.59 Å². The van der Waals surface area contributed by atoms with Crippen molar-refractivity contribution in [2.45, 2.75) is 63.8 Å². The Kier molecular flexibility index (Phi) is 7.82. The standard InChI is InChI=1S/C18H31N3O2.ClH/c22-17(13-14-3-1-2-4-14)20-16-7-5-15(6-8-16)18(23)21-11-9-19-10-12-21;/h14-16,19H,1-13H2,(H,20,22);1H. The summed E-state index contributed by atoms with van der Waals surface area (Å²) in [4.78, 5) is 26.7. The van der Waals surface area contributed by atoms with Crippen molar-refractivity contribution >= 4 is 24.2 Å². The third kappa shape index (κ3) is 5.35. The second kappa shape index (κ2) is 9.62. The maximum atomic E-state index is 12.5. The lowest BCUT2D eigenvalue weighted by molar-refractivity contribution is -0.137. The lowest BCUT2D eigenvalue weighted by Crippen LogP contribution is -2.49. The van der Waals surface area contributed by atoms with Gasteiger partial charge in [-0.05, 0) is 44.4 Å². The van der Waals surface area contributed by atoms with Crippen molar-refractivity contribution in [2.75, 3.05) is 26.2 Å². The lowest BCUT2D eigenvalue weighted by atomic mass is 9.85. The van der Waals surface area contributed by atoms with E-state index >= 15 is 0 Å². The second-order valence-corrected chi connectivity index (χ2v) is 7.55. The SMILES string of the molecule is Cl.O=C(CC1CCCC1)NC1CCC(C(=O)N2CCNCC2)CC1. The molecule has 0 aromatic heterocycles. The van der Waals surface area contributed by atoms with E-state index in [1.807, 2.05) is 4.90 Å². The van der Waals surface area contributed by atoms with Gasteiger partial charge in [-0.2, -0.15) is 0 Å². The average Bonchev–Trinajstić information content (AvgIpc) is 3.08. The van der Waals surface area contributed by atoms with Crippen LogP contribution in [0.25, 0.3) is 0 Å². The van der Waals surface area contributed by atoms with Crippen LogP contribution in [0.1, 0.15) is 57.8 Å². The number of nitrogens with zero attached hydrogens (tertiary/aromatic N) is 1. The first-order chi connectivity index (χ1) is 11.2.